The number of nitrogens with zero attached hydrogens (tertiary/aromatic N) is 1. The van der Waals surface area contributed by atoms with Crippen LogP contribution in [0.5, 0.6) is 0 Å². The first-order valence-corrected chi connectivity index (χ1v) is 8.71. The fourth-order valence-corrected chi connectivity index (χ4v) is 4.73. The topological polar surface area (TPSA) is 63.7 Å². The number of morpholine rings is 1. The number of ether oxygens (including phenoxy) is 1. The fraction of sp³-hybridized carbons (Fsp3) is 0.923. The molecule has 2 aliphatic heterocycles. The first-order valence-electron chi connectivity index (χ1n) is 6.89. The highest BCUT2D eigenvalue weighted by Gasteiger charge is 2.36. The van der Waals surface area contributed by atoms with Gasteiger partial charge < -0.3 is 9.64 Å². The van der Waals surface area contributed by atoms with Crippen molar-refractivity contribution in [2.24, 2.45) is 5.92 Å². The van der Waals surface area contributed by atoms with Gasteiger partial charge in [-0.3, -0.25) is 4.79 Å². The van der Waals surface area contributed by atoms with Crippen molar-refractivity contribution in [3.8, 4) is 0 Å². The van der Waals surface area contributed by atoms with Gasteiger partial charge in [-0.25, -0.2) is 8.42 Å². The summed E-state index contributed by atoms with van der Waals surface area (Å²) < 4.78 is 28.6. The molecular formula is C13H23NO4S. The third-order valence-electron chi connectivity index (χ3n) is 3.97. The van der Waals surface area contributed by atoms with Crippen LogP contribution in [0.4, 0.5) is 0 Å². The van der Waals surface area contributed by atoms with Gasteiger partial charge in [0.1, 0.15) is 0 Å². The molecule has 2 fully saturated rings. The van der Waals surface area contributed by atoms with Crippen molar-refractivity contribution in [2.45, 2.75) is 38.6 Å². The Bertz CT molecular complexity index is 444. The van der Waals surface area contributed by atoms with E-state index in [0.717, 1.165) is 6.42 Å². The van der Waals surface area contributed by atoms with Crippen molar-refractivity contribution < 1.29 is 17.9 Å². The number of hydrogen-bond donors (Lipinski definition) is 0. The molecule has 1 amide bonds. The van der Waals surface area contributed by atoms with E-state index in [1.54, 1.807) is 0 Å². The van der Waals surface area contributed by atoms with Crippen LogP contribution in [0, 0.1) is 5.92 Å². The van der Waals surface area contributed by atoms with Crippen LogP contribution >= 0.6 is 0 Å². The minimum atomic E-state index is -2.93. The average Bonchev–Trinajstić information content (AvgIpc) is 2.26. The largest absolute Gasteiger partial charge is 0.377 e. The highest BCUT2D eigenvalue weighted by atomic mass is 32.2. The molecule has 2 heterocycles. The molecule has 0 aromatic carbocycles. The average molecular weight is 289 g/mol. The summed E-state index contributed by atoms with van der Waals surface area (Å²) in [5.41, 5.74) is -0.289. The second-order valence-electron chi connectivity index (χ2n) is 6.24. The van der Waals surface area contributed by atoms with Crippen LogP contribution in [0.2, 0.25) is 0 Å². The summed E-state index contributed by atoms with van der Waals surface area (Å²) in [5, 5.41) is 0. The molecule has 0 bridgehead atoms. The third kappa shape index (κ3) is 3.69. The molecule has 0 aliphatic carbocycles. The van der Waals surface area contributed by atoms with Crippen LogP contribution in [-0.2, 0) is 19.4 Å². The predicted octanol–water partition coefficient (Wildman–Crippen LogP) is 0.839. The molecule has 110 valence electrons. The van der Waals surface area contributed by atoms with Gasteiger partial charge in [0.25, 0.3) is 0 Å². The van der Waals surface area contributed by atoms with E-state index in [-0.39, 0.29) is 28.9 Å². The maximum Gasteiger partial charge on any atom is 0.223 e. The van der Waals surface area contributed by atoms with Crippen LogP contribution in [0.15, 0.2) is 0 Å². The molecule has 0 radical (unpaired) electrons. The molecule has 0 saturated carbocycles. The van der Waals surface area contributed by atoms with Gasteiger partial charge in [-0.1, -0.05) is 0 Å². The Morgan fingerprint density at radius 1 is 1.42 bits per heavy atom. The van der Waals surface area contributed by atoms with Crippen LogP contribution in [0.1, 0.15) is 33.1 Å². The molecule has 1 unspecified atom stereocenters. The van der Waals surface area contributed by atoms with E-state index < -0.39 is 9.84 Å². The van der Waals surface area contributed by atoms with Crippen molar-refractivity contribution in [1.29, 1.82) is 0 Å². The van der Waals surface area contributed by atoms with Crippen molar-refractivity contribution in [3.63, 3.8) is 0 Å². The molecule has 2 rings (SSSR count). The van der Waals surface area contributed by atoms with Gasteiger partial charge in [-0.15, -0.1) is 0 Å². The first-order chi connectivity index (χ1) is 8.80. The summed E-state index contributed by atoms with van der Waals surface area (Å²) in [4.78, 5) is 14.2. The SMILES string of the molecule is CC1(C)COCCN1C(=O)CC1CCCS(=O)(=O)C1. The quantitative estimate of drug-likeness (QED) is 0.755. The lowest BCUT2D eigenvalue weighted by atomic mass is 9.97. The van der Waals surface area contributed by atoms with Crippen LogP contribution in [0.3, 0.4) is 0 Å². The van der Waals surface area contributed by atoms with Gasteiger partial charge in [0.05, 0.1) is 30.3 Å². The Kier molecular flexibility index (Phi) is 4.20. The normalized spacial score (nSPS) is 30.0. The number of rotatable bonds is 2. The molecule has 2 aliphatic rings. The standard InChI is InChI=1S/C13H23NO4S/c1-13(2)10-18-6-5-14(13)12(15)8-11-4-3-7-19(16,17)9-11/h11H,3-10H2,1-2H3. The Labute approximate surface area is 115 Å². The maximum atomic E-state index is 12.4. The van der Waals surface area contributed by atoms with E-state index in [0.29, 0.717) is 32.6 Å². The molecule has 5 nitrogen and oxygen atoms in total. The molecule has 0 N–H and O–H groups in total. The van der Waals surface area contributed by atoms with Gasteiger partial charge in [0.2, 0.25) is 5.91 Å². The minimum Gasteiger partial charge on any atom is -0.377 e. The Balaban J connectivity index is 1.97. The highest BCUT2D eigenvalue weighted by molar-refractivity contribution is 7.91. The zero-order valence-corrected chi connectivity index (χ0v) is 12.5. The molecular weight excluding hydrogens is 266 g/mol. The summed E-state index contributed by atoms with van der Waals surface area (Å²) in [6, 6.07) is 0. The van der Waals surface area contributed by atoms with E-state index in [1.807, 2.05) is 18.7 Å². The molecule has 1 atom stereocenters. The molecule has 2 saturated heterocycles. The lowest BCUT2D eigenvalue weighted by Gasteiger charge is -2.42. The molecule has 0 aromatic rings. The van der Waals surface area contributed by atoms with Gasteiger partial charge >= 0.3 is 0 Å². The summed E-state index contributed by atoms with van der Waals surface area (Å²) in [6.45, 7) is 5.69. The van der Waals surface area contributed by atoms with Crippen molar-refractivity contribution >= 4 is 15.7 Å². The Morgan fingerprint density at radius 3 is 2.79 bits per heavy atom. The minimum absolute atomic E-state index is 0.00936. The van der Waals surface area contributed by atoms with Crippen molar-refractivity contribution in [1.82, 2.24) is 4.90 Å². The number of sulfone groups is 1. The predicted molar refractivity (Wildman–Crippen MR) is 72.6 cm³/mol. The smallest absolute Gasteiger partial charge is 0.223 e. The summed E-state index contributed by atoms with van der Waals surface area (Å²) in [6.07, 6.45) is 1.88. The van der Waals surface area contributed by atoms with Crippen LogP contribution in [-0.4, -0.2) is 56.0 Å². The highest BCUT2D eigenvalue weighted by Crippen LogP contribution is 2.25. The Hall–Kier alpha value is -0.620. The number of amides is 1. The first kappa shape index (κ1) is 14.8. The van der Waals surface area contributed by atoms with E-state index >= 15 is 0 Å². The van der Waals surface area contributed by atoms with Crippen LogP contribution < -0.4 is 0 Å². The van der Waals surface area contributed by atoms with E-state index in [2.05, 4.69) is 0 Å². The zero-order valence-electron chi connectivity index (χ0n) is 11.7. The van der Waals surface area contributed by atoms with Gasteiger partial charge in [-0.2, -0.15) is 0 Å². The molecule has 0 aromatic heterocycles. The third-order valence-corrected chi connectivity index (χ3v) is 5.86. The maximum absolute atomic E-state index is 12.4. The molecule has 0 spiro atoms. The number of hydrogen-bond acceptors (Lipinski definition) is 4. The number of carbonyl (C=O) groups excluding carboxylic acids is 1. The zero-order chi connectivity index (χ0) is 14.1. The Morgan fingerprint density at radius 2 is 2.16 bits per heavy atom. The second kappa shape index (κ2) is 5.40. The van der Waals surface area contributed by atoms with Gasteiger partial charge in [0.15, 0.2) is 9.84 Å². The van der Waals surface area contributed by atoms with E-state index in [1.165, 1.54) is 0 Å². The monoisotopic (exact) mass is 289 g/mol. The summed E-state index contributed by atoms with van der Waals surface area (Å²) >= 11 is 0. The van der Waals surface area contributed by atoms with Crippen molar-refractivity contribution in [2.75, 3.05) is 31.3 Å². The van der Waals surface area contributed by atoms with Gasteiger partial charge in [-0.05, 0) is 32.6 Å². The molecule has 6 heteroatoms. The van der Waals surface area contributed by atoms with Gasteiger partial charge in [0, 0.05) is 13.0 Å². The van der Waals surface area contributed by atoms with Crippen molar-refractivity contribution in [3.05, 3.63) is 0 Å². The summed E-state index contributed by atoms with van der Waals surface area (Å²) in [5.74, 6) is 0.504. The lowest BCUT2D eigenvalue weighted by Crippen LogP contribution is -2.55. The second-order valence-corrected chi connectivity index (χ2v) is 8.47. The number of carbonyl (C=O) groups is 1. The summed E-state index contributed by atoms with van der Waals surface area (Å²) in [7, 11) is -2.93. The van der Waals surface area contributed by atoms with E-state index in [9.17, 15) is 13.2 Å². The fourth-order valence-electron chi connectivity index (χ4n) is 2.96. The lowest BCUT2D eigenvalue weighted by molar-refractivity contribution is -0.147. The van der Waals surface area contributed by atoms with E-state index in [4.69, 9.17) is 4.74 Å². The van der Waals surface area contributed by atoms with Crippen LogP contribution in [0.25, 0.3) is 0 Å². The molecule has 19 heavy (non-hydrogen) atoms.